The van der Waals surface area contributed by atoms with Crippen LogP contribution in [0.15, 0.2) is 84.9 Å². The average molecular weight is 448 g/mol. The summed E-state index contributed by atoms with van der Waals surface area (Å²) in [7, 11) is 0. The number of rotatable bonds is 3. The molecule has 5 nitrogen and oxygen atoms in total. The summed E-state index contributed by atoms with van der Waals surface area (Å²) in [5.41, 5.74) is 2.59. The Hall–Kier alpha value is -4.07. The van der Waals surface area contributed by atoms with Crippen molar-refractivity contribution in [1.82, 2.24) is 9.78 Å². The van der Waals surface area contributed by atoms with Gasteiger partial charge in [0.25, 0.3) is 0 Å². The lowest BCUT2D eigenvalue weighted by Crippen LogP contribution is -2.43. The van der Waals surface area contributed by atoms with Gasteiger partial charge in [-0.05, 0) is 48.9 Å². The number of carbonyl (C=O) groups excluding carboxylic acids is 1. The number of aryl methyl sites for hydroxylation is 1. The maximum atomic E-state index is 13.4. The van der Waals surface area contributed by atoms with Crippen molar-refractivity contribution in [3.05, 3.63) is 107 Å². The normalized spacial score (nSPS) is 15.8. The van der Waals surface area contributed by atoms with Gasteiger partial charge >= 0.3 is 12.2 Å². The van der Waals surface area contributed by atoms with Crippen molar-refractivity contribution in [1.29, 1.82) is 0 Å². The van der Waals surface area contributed by atoms with E-state index in [-0.39, 0.29) is 0 Å². The molecule has 0 aliphatic carbocycles. The minimum atomic E-state index is -4.44. The van der Waals surface area contributed by atoms with Crippen LogP contribution in [0.3, 0.4) is 0 Å². The van der Waals surface area contributed by atoms with Gasteiger partial charge in [0.05, 0.1) is 23.0 Å². The molecule has 0 unspecified atom stereocenters. The van der Waals surface area contributed by atoms with E-state index in [0.717, 1.165) is 23.4 Å². The van der Waals surface area contributed by atoms with E-state index in [1.54, 1.807) is 21.7 Å². The van der Waals surface area contributed by atoms with Crippen molar-refractivity contribution < 1.29 is 18.0 Å². The van der Waals surface area contributed by atoms with Crippen LogP contribution in [-0.4, -0.2) is 15.8 Å². The Balaban J connectivity index is 1.71. The molecule has 0 saturated heterocycles. The zero-order valence-corrected chi connectivity index (χ0v) is 17.5. The molecule has 4 aromatic rings. The number of urea groups is 1. The van der Waals surface area contributed by atoms with Gasteiger partial charge in [0.1, 0.15) is 5.82 Å². The van der Waals surface area contributed by atoms with Gasteiger partial charge in [-0.2, -0.15) is 18.3 Å². The summed E-state index contributed by atoms with van der Waals surface area (Å²) in [6, 6.07) is 22.3. The van der Waals surface area contributed by atoms with E-state index >= 15 is 0 Å². The van der Waals surface area contributed by atoms with Crippen molar-refractivity contribution >= 4 is 17.5 Å². The summed E-state index contributed by atoms with van der Waals surface area (Å²) >= 11 is 0. The van der Waals surface area contributed by atoms with Gasteiger partial charge in [-0.15, -0.1) is 0 Å². The van der Waals surface area contributed by atoms with Crippen LogP contribution < -0.4 is 10.2 Å². The minimum Gasteiger partial charge on any atom is -0.291 e. The van der Waals surface area contributed by atoms with Gasteiger partial charge < -0.3 is 0 Å². The third-order valence-corrected chi connectivity index (χ3v) is 5.67. The lowest BCUT2D eigenvalue weighted by Gasteiger charge is -2.36. The predicted molar refractivity (Wildman–Crippen MR) is 120 cm³/mol. The first-order valence-corrected chi connectivity index (χ1v) is 10.3. The van der Waals surface area contributed by atoms with Crippen LogP contribution in [0.2, 0.25) is 0 Å². The van der Waals surface area contributed by atoms with Crippen LogP contribution in [0.1, 0.15) is 28.4 Å². The maximum Gasteiger partial charge on any atom is 0.416 e. The van der Waals surface area contributed by atoms with E-state index in [2.05, 4.69) is 10.4 Å². The lowest BCUT2D eigenvalue weighted by molar-refractivity contribution is -0.137. The monoisotopic (exact) mass is 448 g/mol. The van der Waals surface area contributed by atoms with Gasteiger partial charge in [0.2, 0.25) is 0 Å². The molecule has 166 valence electrons. The third-order valence-electron chi connectivity index (χ3n) is 5.67. The number of hydrogen-bond acceptors (Lipinski definition) is 2. The largest absolute Gasteiger partial charge is 0.416 e. The quantitative estimate of drug-likeness (QED) is 0.398. The molecule has 1 aliphatic heterocycles. The third kappa shape index (κ3) is 3.63. The first kappa shape index (κ1) is 20.8. The number of nitrogens with zero attached hydrogens (tertiary/aromatic N) is 3. The highest BCUT2D eigenvalue weighted by atomic mass is 19.4. The minimum absolute atomic E-state index is 0.393. The molecule has 33 heavy (non-hydrogen) atoms. The van der Waals surface area contributed by atoms with Crippen LogP contribution in [-0.2, 0) is 6.18 Å². The van der Waals surface area contributed by atoms with Crippen LogP contribution in [0.5, 0.6) is 0 Å². The second kappa shape index (κ2) is 7.81. The maximum absolute atomic E-state index is 13.4. The molecule has 2 amide bonds. The number of amides is 2. The fraction of sp³-hybridized carbons (Fsp3) is 0.120. The van der Waals surface area contributed by atoms with Gasteiger partial charge in [-0.3, -0.25) is 10.2 Å². The molecule has 0 bridgehead atoms. The van der Waals surface area contributed by atoms with Crippen molar-refractivity contribution in [3.8, 4) is 5.69 Å². The summed E-state index contributed by atoms with van der Waals surface area (Å²) in [4.78, 5) is 14.9. The summed E-state index contributed by atoms with van der Waals surface area (Å²) in [5.74, 6) is 0.501. The van der Waals surface area contributed by atoms with E-state index in [9.17, 15) is 18.0 Å². The highest BCUT2D eigenvalue weighted by molar-refractivity contribution is 6.05. The highest BCUT2D eigenvalue weighted by Gasteiger charge is 2.39. The molecule has 0 saturated carbocycles. The number of alkyl halides is 3. The molecule has 8 heteroatoms. The van der Waals surface area contributed by atoms with Crippen LogP contribution >= 0.6 is 0 Å². The number of fused-ring (bicyclic) bond motifs is 1. The van der Waals surface area contributed by atoms with Gasteiger partial charge in [0, 0.05) is 11.3 Å². The highest BCUT2D eigenvalue weighted by Crippen LogP contribution is 2.43. The molecule has 1 aliphatic rings. The molecule has 2 heterocycles. The Morgan fingerprint density at radius 1 is 0.848 bits per heavy atom. The summed E-state index contributed by atoms with van der Waals surface area (Å²) < 4.78 is 41.2. The van der Waals surface area contributed by atoms with Crippen molar-refractivity contribution in [2.24, 2.45) is 0 Å². The van der Waals surface area contributed by atoms with E-state index < -0.39 is 23.8 Å². The smallest absolute Gasteiger partial charge is 0.291 e. The predicted octanol–water partition coefficient (Wildman–Crippen LogP) is 6.34. The number of carbonyl (C=O) groups is 1. The van der Waals surface area contributed by atoms with Crippen molar-refractivity contribution in [2.75, 3.05) is 10.2 Å². The topological polar surface area (TPSA) is 50.2 Å². The number of halogens is 3. The number of benzene rings is 3. The van der Waals surface area contributed by atoms with Gasteiger partial charge in [-0.1, -0.05) is 48.5 Å². The van der Waals surface area contributed by atoms with Gasteiger partial charge in [-0.25, -0.2) is 9.48 Å². The summed E-state index contributed by atoms with van der Waals surface area (Å²) in [6.07, 6.45) is -4.44. The number of hydrogen-bond donors (Lipinski definition) is 1. The molecular weight excluding hydrogens is 429 g/mol. The zero-order valence-electron chi connectivity index (χ0n) is 17.5. The first-order valence-electron chi connectivity index (χ1n) is 10.3. The summed E-state index contributed by atoms with van der Waals surface area (Å²) in [6.45, 7) is 1.83. The summed E-state index contributed by atoms with van der Waals surface area (Å²) in [5, 5.41) is 7.59. The molecule has 0 fully saturated rings. The Kier molecular flexibility index (Phi) is 4.92. The SMILES string of the molecule is Cc1nn(-c2ccccc2)c2c1[C@H](c1ccc(C(F)(F)F)cc1)N(c1ccccc1)C(=O)N2. The van der Waals surface area contributed by atoms with E-state index in [1.807, 2.05) is 55.5 Å². The molecule has 0 radical (unpaired) electrons. The van der Waals surface area contributed by atoms with E-state index in [1.165, 1.54) is 12.1 Å². The number of anilines is 2. The second-order valence-electron chi connectivity index (χ2n) is 7.75. The molecule has 3 aromatic carbocycles. The zero-order chi connectivity index (χ0) is 23.2. The van der Waals surface area contributed by atoms with Gasteiger partial charge in [0.15, 0.2) is 0 Å². The Labute approximate surface area is 188 Å². The standard InChI is InChI=1S/C25H19F3N4O/c1-16-21-22(17-12-14-18(15-13-17)25(26,27)28)31(19-8-4-2-5-9-19)24(33)29-23(21)32(30-16)20-10-6-3-7-11-20/h2-15,22H,1H3,(H,29,33)/t22-/m0/s1. The Morgan fingerprint density at radius 3 is 2.00 bits per heavy atom. The molecule has 1 atom stereocenters. The Morgan fingerprint density at radius 2 is 1.42 bits per heavy atom. The number of aromatic nitrogens is 2. The molecule has 0 spiro atoms. The fourth-order valence-electron chi connectivity index (χ4n) is 4.18. The first-order chi connectivity index (χ1) is 15.8. The molecule has 5 rings (SSSR count). The fourth-order valence-corrected chi connectivity index (χ4v) is 4.18. The second-order valence-corrected chi connectivity index (χ2v) is 7.75. The van der Waals surface area contributed by atoms with Crippen LogP contribution in [0.4, 0.5) is 29.5 Å². The number of para-hydroxylation sites is 2. The number of nitrogens with one attached hydrogen (secondary N) is 1. The van der Waals surface area contributed by atoms with Crippen LogP contribution in [0, 0.1) is 6.92 Å². The lowest BCUT2D eigenvalue weighted by atomic mass is 9.94. The molecular formula is C25H19F3N4O. The van der Waals surface area contributed by atoms with E-state index in [0.29, 0.717) is 22.8 Å². The van der Waals surface area contributed by atoms with Crippen molar-refractivity contribution in [3.63, 3.8) is 0 Å². The van der Waals surface area contributed by atoms with E-state index in [4.69, 9.17) is 0 Å². The van der Waals surface area contributed by atoms with Crippen molar-refractivity contribution in [2.45, 2.75) is 19.1 Å². The molecule has 1 N–H and O–H groups in total. The van der Waals surface area contributed by atoms with Crippen LogP contribution in [0.25, 0.3) is 5.69 Å². The molecule has 1 aromatic heterocycles. The average Bonchev–Trinajstić information content (AvgIpc) is 3.14. The Bertz CT molecular complexity index is 1300.